The average molecular weight is 358 g/mol. The smallest absolute Gasteiger partial charge is 0.321 e. The molecule has 2 fully saturated rings. The summed E-state index contributed by atoms with van der Waals surface area (Å²) >= 11 is 0. The molecule has 1 saturated heterocycles. The lowest BCUT2D eigenvalue weighted by Crippen LogP contribution is -2.56. The zero-order valence-corrected chi connectivity index (χ0v) is 15.1. The van der Waals surface area contributed by atoms with Crippen LogP contribution < -0.4 is 10.6 Å². The van der Waals surface area contributed by atoms with E-state index in [1.165, 1.54) is 0 Å². The molecular weight excluding hydrogens is 332 g/mol. The van der Waals surface area contributed by atoms with E-state index in [1.54, 1.807) is 6.92 Å². The van der Waals surface area contributed by atoms with Gasteiger partial charge in [-0.3, -0.25) is 19.8 Å². The molecule has 7 heteroatoms. The van der Waals surface area contributed by atoms with Gasteiger partial charge in [-0.05, 0) is 25.3 Å². The Hall–Kier alpha value is -2.41. The number of amides is 4. The van der Waals surface area contributed by atoms with Crippen molar-refractivity contribution in [3.05, 3.63) is 35.9 Å². The van der Waals surface area contributed by atoms with Crippen molar-refractivity contribution < 1.29 is 14.4 Å². The van der Waals surface area contributed by atoms with Crippen LogP contribution in [0.25, 0.3) is 0 Å². The standard InChI is InChI=1S/C19H26N4O3/c1-14(22-9-11-23(12-10-22)18(25)16-7-8-16)17(24)21-19(26)20-13-15-5-3-2-4-6-15/h2-6,14,16H,7-13H2,1H3,(H2,20,21,24,26)/t14-/m1/s1. The van der Waals surface area contributed by atoms with Crippen LogP contribution in [0.15, 0.2) is 30.3 Å². The summed E-state index contributed by atoms with van der Waals surface area (Å²) < 4.78 is 0. The fourth-order valence-corrected chi connectivity index (χ4v) is 3.12. The fraction of sp³-hybridized carbons (Fsp3) is 0.526. The molecule has 7 nitrogen and oxygen atoms in total. The van der Waals surface area contributed by atoms with Crippen LogP contribution >= 0.6 is 0 Å². The Kier molecular flexibility index (Phi) is 5.88. The van der Waals surface area contributed by atoms with E-state index in [0.717, 1.165) is 18.4 Å². The van der Waals surface area contributed by atoms with Crippen molar-refractivity contribution in [1.29, 1.82) is 0 Å². The van der Waals surface area contributed by atoms with Crippen LogP contribution in [0.5, 0.6) is 0 Å². The Morgan fingerprint density at radius 2 is 1.73 bits per heavy atom. The predicted octanol–water partition coefficient (Wildman–Crippen LogP) is 0.955. The largest absolute Gasteiger partial charge is 0.340 e. The summed E-state index contributed by atoms with van der Waals surface area (Å²) in [6, 6.07) is 8.63. The lowest BCUT2D eigenvalue weighted by molar-refractivity contribution is -0.135. The summed E-state index contributed by atoms with van der Waals surface area (Å²) in [6.07, 6.45) is 2.02. The maximum atomic E-state index is 12.3. The molecule has 2 aliphatic rings. The van der Waals surface area contributed by atoms with E-state index in [-0.39, 0.29) is 17.7 Å². The maximum absolute atomic E-state index is 12.3. The number of nitrogens with zero attached hydrogens (tertiary/aromatic N) is 2. The average Bonchev–Trinajstić information content (AvgIpc) is 3.51. The van der Waals surface area contributed by atoms with Gasteiger partial charge in [-0.1, -0.05) is 30.3 Å². The predicted molar refractivity (Wildman–Crippen MR) is 97.2 cm³/mol. The van der Waals surface area contributed by atoms with Crippen LogP contribution in [0, 0.1) is 5.92 Å². The number of hydrogen-bond acceptors (Lipinski definition) is 4. The SMILES string of the molecule is C[C@H](C(=O)NC(=O)NCc1ccccc1)N1CCN(C(=O)C2CC2)CC1. The molecule has 26 heavy (non-hydrogen) atoms. The third-order valence-electron chi connectivity index (χ3n) is 5.01. The molecule has 0 radical (unpaired) electrons. The Bertz CT molecular complexity index is 652. The molecule has 3 rings (SSSR count). The topological polar surface area (TPSA) is 81.8 Å². The van der Waals surface area contributed by atoms with Crippen molar-refractivity contribution in [1.82, 2.24) is 20.4 Å². The maximum Gasteiger partial charge on any atom is 0.321 e. The summed E-state index contributed by atoms with van der Waals surface area (Å²) in [5, 5.41) is 5.09. The number of hydrogen-bond donors (Lipinski definition) is 2. The number of piperazine rings is 1. The van der Waals surface area contributed by atoms with Crippen LogP contribution in [0.1, 0.15) is 25.3 Å². The van der Waals surface area contributed by atoms with Gasteiger partial charge in [0.05, 0.1) is 6.04 Å². The van der Waals surface area contributed by atoms with E-state index in [2.05, 4.69) is 10.6 Å². The third-order valence-corrected chi connectivity index (χ3v) is 5.01. The Morgan fingerprint density at radius 1 is 1.08 bits per heavy atom. The van der Waals surface area contributed by atoms with Gasteiger partial charge in [0.2, 0.25) is 11.8 Å². The second-order valence-corrected chi connectivity index (χ2v) is 6.97. The molecule has 0 aromatic heterocycles. The first-order valence-corrected chi connectivity index (χ1v) is 9.20. The summed E-state index contributed by atoms with van der Waals surface area (Å²) in [5.41, 5.74) is 0.972. The van der Waals surface area contributed by atoms with Gasteiger partial charge in [0.15, 0.2) is 0 Å². The summed E-state index contributed by atoms with van der Waals surface area (Å²) in [5.74, 6) is 0.162. The van der Waals surface area contributed by atoms with E-state index >= 15 is 0 Å². The van der Waals surface area contributed by atoms with Crippen molar-refractivity contribution in [3.8, 4) is 0 Å². The zero-order valence-electron chi connectivity index (χ0n) is 15.1. The van der Waals surface area contributed by atoms with Crippen LogP contribution in [0.2, 0.25) is 0 Å². The van der Waals surface area contributed by atoms with Gasteiger partial charge >= 0.3 is 6.03 Å². The van der Waals surface area contributed by atoms with Gasteiger partial charge in [-0.25, -0.2) is 4.79 Å². The first kappa shape index (κ1) is 18.4. The highest BCUT2D eigenvalue weighted by atomic mass is 16.2. The fourth-order valence-electron chi connectivity index (χ4n) is 3.12. The zero-order chi connectivity index (χ0) is 18.5. The highest BCUT2D eigenvalue weighted by molar-refractivity contribution is 5.96. The molecule has 1 aromatic carbocycles. The minimum absolute atomic E-state index is 0.232. The lowest BCUT2D eigenvalue weighted by Gasteiger charge is -2.37. The van der Waals surface area contributed by atoms with Crippen LogP contribution in [0.4, 0.5) is 4.79 Å². The molecule has 1 aliphatic heterocycles. The molecule has 0 unspecified atom stereocenters. The molecule has 140 valence electrons. The monoisotopic (exact) mass is 358 g/mol. The van der Waals surface area contributed by atoms with Gasteiger partial charge in [-0.2, -0.15) is 0 Å². The quantitative estimate of drug-likeness (QED) is 0.821. The van der Waals surface area contributed by atoms with Crippen molar-refractivity contribution in [2.75, 3.05) is 26.2 Å². The molecule has 4 amide bonds. The van der Waals surface area contributed by atoms with E-state index in [4.69, 9.17) is 0 Å². The van der Waals surface area contributed by atoms with Gasteiger partial charge in [0.1, 0.15) is 0 Å². The van der Waals surface area contributed by atoms with Crippen molar-refractivity contribution in [3.63, 3.8) is 0 Å². The molecule has 0 spiro atoms. The first-order valence-electron chi connectivity index (χ1n) is 9.20. The number of rotatable bonds is 5. The molecule has 1 saturated carbocycles. The number of benzene rings is 1. The lowest BCUT2D eigenvalue weighted by atomic mass is 10.2. The Labute approximate surface area is 153 Å². The van der Waals surface area contributed by atoms with Crippen LogP contribution in [0.3, 0.4) is 0 Å². The molecule has 0 bridgehead atoms. The van der Waals surface area contributed by atoms with Gasteiger partial charge in [-0.15, -0.1) is 0 Å². The molecule has 2 N–H and O–H groups in total. The third kappa shape index (κ3) is 4.82. The number of imide groups is 1. The van der Waals surface area contributed by atoms with E-state index in [0.29, 0.717) is 32.7 Å². The second kappa shape index (κ2) is 8.31. The molecule has 1 heterocycles. The first-order chi connectivity index (χ1) is 12.5. The van der Waals surface area contributed by atoms with Gasteiger partial charge in [0, 0.05) is 38.6 Å². The highest BCUT2D eigenvalue weighted by Gasteiger charge is 2.35. The number of carbonyl (C=O) groups is 3. The second-order valence-electron chi connectivity index (χ2n) is 6.97. The van der Waals surface area contributed by atoms with Crippen molar-refractivity contribution in [2.45, 2.75) is 32.4 Å². The molecule has 1 atom stereocenters. The molecular formula is C19H26N4O3. The Morgan fingerprint density at radius 3 is 2.35 bits per heavy atom. The van der Waals surface area contributed by atoms with Crippen LogP contribution in [-0.4, -0.2) is 59.9 Å². The van der Waals surface area contributed by atoms with Crippen LogP contribution in [-0.2, 0) is 16.1 Å². The minimum Gasteiger partial charge on any atom is -0.340 e. The van der Waals surface area contributed by atoms with Crippen molar-refractivity contribution >= 4 is 17.8 Å². The van der Waals surface area contributed by atoms with Gasteiger partial charge in [0.25, 0.3) is 0 Å². The van der Waals surface area contributed by atoms with E-state index in [9.17, 15) is 14.4 Å². The highest BCUT2D eigenvalue weighted by Crippen LogP contribution is 2.31. The molecule has 1 aromatic rings. The molecule has 1 aliphatic carbocycles. The Balaban J connectivity index is 1.40. The minimum atomic E-state index is -0.492. The van der Waals surface area contributed by atoms with Gasteiger partial charge < -0.3 is 10.2 Å². The number of nitrogens with one attached hydrogen (secondary N) is 2. The summed E-state index contributed by atoms with van der Waals surface area (Å²) in [6.45, 7) is 4.76. The van der Waals surface area contributed by atoms with E-state index < -0.39 is 12.1 Å². The summed E-state index contributed by atoms with van der Waals surface area (Å²) in [7, 11) is 0. The number of urea groups is 1. The summed E-state index contributed by atoms with van der Waals surface area (Å²) in [4.78, 5) is 40.2. The number of carbonyl (C=O) groups excluding carboxylic acids is 3. The van der Waals surface area contributed by atoms with E-state index in [1.807, 2.05) is 40.1 Å². The normalized spacial score (nSPS) is 18.9. The van der Waals surface area contributed by atoms with Crippen molar-refractivity contribution in [2.24, 2.45) is 5.92 Å².